The quantitative estimate of drug-likeness (QED) is 0.591. The molecule has 0 radical (unpaired) electrons. The Bertz CT molecular complexity index is 1150. The van der Waals surface area contributed by atoms with Gasteiger partial charge in [-0.25, -0.2) is 9.97 Å². The number of hydrogen-bond donors (Lipinski definition) is 3. The molecule has 3 N–H and O–H groups in total. The number of likely N-dealkylation sites (N-methyl/N-ethyl adjacent to an activating group) is 1. The number of benzene rings is 1. The zero-order chi connectivity index (χ0) is 24.9. The van der Waals surface area contributed by atoms with Gasteiger partial charge >= 0.3 is 0 Å². The predicted molar refractivity (Wildman–Crippen MR) is 134 cm³/mol. The summed E-state index contributed by atoms with van der Waals surface area (Å²) in [5, 5.41) is 9.26. The number of rotatable bonds is 2. The fourth-order valence-electron chi connectivity index (χ4n) is 4.22. The third kappa shape index (κ3) is 5.29. The van der Waals surface area contributed by atoms with Gasteiger partial charge in [-0.05, 0) is 26.1 Å². The molecule has 2 bridgehead atoms. The number of carbonyl (C=O) groups excluding carboxylic acids is 2. The summed E-state index contributed by atoms with van der Waals surface area (Å²) in [6, 6.07) is 3.78. The van der Waals surface area contributed by atoms with Gasteiger partial charge < -0.3 is 35.2 Å². The minimum atomic E-state index is -0.279. The molecule has 11 heteroatoms. The van der Waals surface area contributed by atoms with Crippen molar-refractivity contribution < 1.29 is 19.1 Å². The number of methoxy groups -OCH3 is 2. The predicted octanol–water partition coefficient (Wildman–Crippen LogP) is 1.99. The van der Waals surface area contributed by atoms with Crippen LogP contribution in [-0.2, 0) is 16.1 Å². The van der Waals surface area contributed by atoms with Crippen LogP contribution in [0, 0.1) is 0 Å². The number of fused-ring (bicyclic) bond motifs is 2. The summed E-state index contributed by atoms with van der Waals surface area (Å²) in [5.41, 5.74) is 2.65. The molecular weight excluding hydrogens is 450 g/mol. The molecule has 0 atom stereocenters. The van der Waals surface area contributed by atoms with Crippen molar-refractivity contribution in [3.63, 3.8) is 0 Å². The van der Waals surface area contributed by atoms with Crippen molar-refractivity contribution in [1.82, 2.24) is 19.8 Å². The Morgan fingerprint density at radius 3 is 2.60 bits per heavy atom. The van der Waals surface area contributed by atoms with Gasteiger partial charge in [0.15, 0.2) is 11.5 Å². The van der Waals surface area contributed by atoms with E-state index >= 15 is 0 Å². The Kier molecular flexibility index (Phi) is 7.35. The van der Waals surface area contributed by atoms with E-state index in [1.165, 1.54) is 6.33 Å². The number of carbonyl (C=O) groups is 2. The first-order chi connectivity index (χ1) is 16.9. The van der Waals surface area contributed by atoms with Crippen LogP contribution >= 0.6 is 0 Å². The molecule has 4 rings (SSSR count). The lowest BCUT2D eigenvalue weighted by Gasteiger charge is -2.22. The van der Waals surface area contributed by atoms with E-state index < -0.39 is 0 Å². The topological polar surface area (TPSA) is 121 Å². The second kappa shape index (κ2) is 10.6. The molecule has 0 fully saturated rings. The lowest BCUT2D eigenvalue weighted by molar-refractivity contribution is -0.129. The van der Waals surface area contributed by atoms with Crippen LogP contribution in [0.3, 0.4) is 0 Å². The van der Waals surface area contributed by atoms with Crippen molar-refractivity contribution in [2.75, 3.05) is 63.9 Å². The van der Waals surface area contributed by atoms with Crippen molar-refractivity contribution >= 4 is 34.7 Å². The summed E-state index contributed by atoms with van der Waals surface area (Å²) in [5.74, 6) is 1.99. The summed E-state index contributed by atoms with van der Waals surface area (Å²) < 4.78 is 11.2. The number of nitrogens with one attached hydrogen (secondary N) is 3. The number of amides is 2. The standard InChI is InChI=1S/C24H31N7O4/c1-30-8-5-6-19(32)31(2)9-7-25-22-20-17(24(33)29-23(20)28-14-27-22)12-26-16-10-15(13-30)21(35-4)18(11-16)34-3/h10-12,14,26H,5-9,13H2,1-4H3,(H2,25,27,28,29,33)/b17-12-. The van der Waals surface area contributed by atoms with E-state index in [0.717, 1.165) is 24.2 Å². The number of nitrogens with zero attached hydrogens (tertiary/aromatic N) is 4. The molecule has 1 aromatic heterocycles. The van der Waals surface area contributed by atoms with E-state index in [-0.39, 0.29) is 11.8 Å². The van der Waals surface area contributed by atoms with Crippen LogP contribution < -0.4 is 25.4 Å². The molecule has 2 aliphatic rings. The van der Waals surface area contributed by atoms with Crippen LogP contribution in [0.4, 0.5) is 17.3 Å². The molecule has 0 saturated heterocycles. The third-order valence-electron chi connectivity index (χ3n) is 6.07. The fourth-order valence-corrected chi connectivity index (χ4v) is 4.22. The van der Waals surface area contributed by atoms with E-state index in [1.54, 1.807) is 32.4 Å². The van der Waals surface area contributed by atoms with Gasteiger partial charge in [-0.1, -0.05) is 0 Å². The van der Waals surface area contributed by atoms with E-state index in [9.17, 15) is 9.59 Å². The Morgan fingerprint density at radius 2 is 1.83 bits per heavy atom. The first-order valence-corrected chi connectivity index (χ1v) is 11.5. The van der Waals surface area contributed by atoms with Crippen molar-refractivity contribution in [3.8, 4) is 11.5 Å². The SMILES string of the molecule is COc1cc2cc(c1OC)CN(C)CCCC(=O)N(C)CCNc1ncnc3c1/C(=C/N2)C(=O)N3. The Labute approximate surface area is 204 Å². The minimum absolute atomic E-state index is 0.0807. The Balaban J connectivity index is 1.74. The van der Waals surface area contributed by atoms with E-state index in [0.29, 0.717) is 60.3 Å². The van der Waals surface area contributed by atoms with E-state index in [4.69, 9.17) is 9.47 Å². The zero-order valence-corrected chi connectivity index (χ0v) is 20.5. The average molecular weight is 482 g/mol. The second-order valence-corrected chi connectivity index (χ2v) is 8.56. The third-order valence-corrected chi connectivity index (χ3v) is 6.07. The smallest absolute Gasteiger partial charge is 0.259 e. The maximum atomic E-state index is 12.7. The molecule has 3 heterocycles. The summed E-state index contributed by atoms with van der Waals surface area (Å²) >= 11 is 0. The Hall–Kier alpha value is -3.86. The van der Waals surface area contributed by atoms with Crippen molar-refractivity contribution in [2.24, 2.45) is 0 Å². The molecule has 2 amide bonds. The monoisotopic (exact) mass is 481 g/mol. The van der Waals surface area contributed by atoms with Gasteiger partial charge in [-0.15, -0.1) is 0 Å². The van der Waals surface area contributed by atoms with Gasteiger partial charge in [-0.2, -0.15) is 0 Å². The molecule has 0 spiro atoms. The van der Waals surface area contributed by atoms with Crippen molar-refractivity contribution in [3.05, 3.63) is 35.8 Å². The molecule has 35 heavy (non-hydrogen) atoms. The van der Waals surface area contributed by atoms with Gasteiger partial charge in [0.25, 0.3) is 5.91 Å². The maximum Gasteiger partial charge on any atom is 0.259 e. The van der Waals surface area contributed by atoms with Gasteiger partial charge in [0.05, 0.1) is 25.4 Å². The fraction of sp³-hybridized carbons (Fsp3) is 0.417. The molecule has 186 valence electrons. The molecule has 2 aromatic rings. The Morgan fingerprint density at radius 1 is 1.03 bits per heavy atom. The molecule has 11 nitrogen and oxygen atoms in total. The number of anilines is 3. The minimum Gasteiger partial charge on any atom is -0.493 e. The van der Waals surface area contributed by atoms with E-state index in [1.807, 2.05) is 19.2 Å². The zero-order valence-electron chi connectivity index (χ0n) is 20.5. The van der Waals surface area contributed by atoms with Crippen LogP contribution in [0.5, 0.6) is 11.5 Å². The van der Waals surface area contributed by atoms with Crippen LogP contribution in [0.2, 0.25) is 0 Å². The summed E-state index contributed by atoms with van der Waals surface area (Å²) in [4.78, 5) is 37.7. The number of ether oxygens (including phenoxy) is 2. The maximum absolute atomic E-state index is 12.7. The van der Waals surface area contributed by atoms with Gasteiger partial charge in [0, 0.05) is 56.6 Å². The largest absolute Gasteiger partial charge is 0.493 e. The van der Waals surface area contributed by atoms with Crippen molar-refractivity contribution in [1.29, 1.82) is 0 Å². The highest BCUT2D eigenvalue weighted by Gasteiger charge is 2.29. The highest BCUT2D eigenvalue weighted by Crippen LogP contribution is 2.37. The summed E-state index contributed by atoms with van der Waals surface area (Å²) in [6.07, 6.45) is 4.24. The van der Waals surface area contributed by atoms with Crippen LogP contribution in [0.15, 0.2) is 24.7 Å². The average Bonchev–Trinajstić information content (AvgIpc) is 3.17. The van der Waals surface area contributed by atoms with Gasteiger partial charge in [0.2, 0.25) is 5.91 Å². The summed E-state index contributed by atoms with van der Waals surface area (Å²) in [6.45, 7) is 2.34. The molecular formula is C24H31N7O4. The van der Waals surface area contributed by atoms with E-state index in [2.05, 4.69) is 30.8 Å². The van der Waals surface area contributed by atoms with Crippen LogP contribution in [0.1, 0.15) is 24.0 Å². The highest BCUT2D eigenvalue weighted by atomic mass is 16.5. The first kappa shape index (κ1) is 24.3. The number of aromatic nitrogens is 2. The number of hydrogen-bond acceptors (Lipinski definition) is 9. The molecule has 2 aliphatic heterocycles. The lowest BCUT2D eigenvalue weighted by atomic mass is 10.1. The van der Waals surface area contributed by atoms with Gasteiger partial charge in [0.1, 0.15) is 18.0 Å². The van der Waals surface area contributed by atoms with Gasteiger partial charge in [-0.3, -0.25) is 9.59 Å². The lowest BCUT2D eigenvalue weighted by Crippen LogP contribution is -2.32. The normalized spacial score (nSPS) is 18.7. The van der Waals surface area contributed by atoms with Crippen LogP contribution in [-0.4, -0.2) is 79.5 Å². The second-order valence-electron chi connectivity index (χ2n) is 8.56. The first-order valence-electron chi connectivity index (χ1n) is 11.5. The molecule has 1 aromatic carbocycles. The van der Waals surface area contributed by atoms with Crippen LogP contribution in [0.25, 0.3) is 5.57 Å². The molecule has 0 saturated carbocycles. The van der Waals surface area contributed by atoms with Crippen molar-refractivity contribution in [2.45, 2.75) is 19.4 Å². The highest BCUT2D eigenvalue weighted by molar-refractivity contribution is 6.32. The molecule has 0 unspecified atom stereocenters. The molecule has 0 aliphatic carbocycles. The summed E-state index contributed by atoms with van der Waals surface area (Å²) in [7, 11) is 6.99.